The number of rotatable bonds is 38. The molecular weight excluding hydrogens is 781 g/mol. The molecule has 2 unspecified atom stereocenters. The highest BCUT2D eigenvalue weighted by atomic mass is 31.2. The van der Waals surface area contributed by atoms with Gasteiger partial charge in [-0.1, -0.05) is 155 Å². The normalized spacial score (nSPS) is 14.9. The Hall–Kier alpha value is -4.12. The van der Waals surface area contributed by atoms with Crippen LogP contribution < -0.4 is 5.73 Å². The van der Waals surface area contributed by atoms with Crippen molar-refractivity contribution in [3.8, 4) is 0 Å². The van der Waals surface area contributed by atoms with Gasteiger partial charge in [-0.25, -0.2) is 4.57 Å². The summed E-state index contributed by atoms with van der Waals surface area (Å²) in [7, 11) is -4.74. The number of hydrogen-bond donors (Lipinski definition) is 3. The summed E-state index contributed by atoms with van der Waals surface area (Å²) in [5, 5.41) is 8.88. The van der Waals surface area contributed by atoms with E-state index in [-0.39, 0.29) is 19.4 Å². The molecule has 0 aliphatic heterocycles. The smallest absolute Gasteiger partial charge is 0.472 e. The van der Waals surface area contributed by atoms with Crippen LogP contribution in [-0.4, -0.2) is 59.9 Å². The molecule has 0 heterocycles. The first kappa shape index (κ1) is 55.9. The minimum absolute atomic E-state index is 0.101. The minimum Gasteiger partial charge on any atom is -0.480 e. The van der Waals surface area contributed by atoms with Crippen molar-refractivity contribution >= 4 is 25.7 Å². The molecule has 11 nitrogen and oxygen atoms in total. The van der Waals surface area contributed by atoms with E-state index < -0.39 is 51.1 Å². The Morgan fingerprint density at radius 1 is 0.533 bits per heavy atom. The molecular formula is C48H74NO10P. The number of carbonyl (C=O) groups excluding carboxylic acids is 2. The summed E-state index contributed by atoms with van der Waals surface area (Å²) in [5.41, 5.74) is 5.32. The molecule has 0 rings (SSSR count). The molecule has 0 aliphatic rings. The molecule has 60 heavy (non-hydrogen) atoms. The molecule has 12 heteroatoms. The van der Waals surface area contributed by atoms with E-state index >= 15 is 0 Å². The van der Waals surface area contributed by atoms with Crippen LogP contribution in [0.4, 0.5) is 0 Å². The Bertz CT molecular complexity index is 1470. The van der Waals surface area contributed by atoms with Gasteiger partial charge in [0.25, 0.3) is 0 Å². The Balaban J connectivity index is 4.45. The van der Waals surface area contributed by atoms with Crippen molar-refractivity contribution in [2.24, 2.45) is 5.73 Å². The Labute approximate surface area is 360 Å². The van der Waals surface area contributed by atoms with Crippen LogP contribution in [0.25, 0.3) is 0 Å². The summed E-state index contributed by atoms with van der Waals surface area (Å²) in [5.74, 6) is -2.48. The van der Waals surface area contributed by atoms with E-state index in [9.17, 15) is 23.8 Å². The fourth-order valence-electron chi connectivity index (χ4n) is 4.96. The van der Waals surface area contributed by atoms with E-state index in [2.05, 4.69) is 103 Å². The topological polar surface area (TPSA) is 172 Å². The van der Waals surface area contributed by atoms with Crippen molar-refractivity contribution in [2.45, 2.75) is 142 Å². The van der Waals surface area contributed by atoms with Gasteiger partial charge in [-0.05, 0) is 83.5 Å². The van der Waals surface area contributed by atoms with Crippen molar-refractivity contribution in [1.29, 1.82) is 0 Å². The molecule has 0 aromatic carbocycles. The number of hydrogen-bond acceptors (Lipinski definition) is 9. The van der Waals surface area contributed by atoms with Crippen molar-refractivity contribution in [1.82, 2.24) is 0 Å². The average Bonchev–Trinajstić information content (AvgIpc) is 3.22. The highest BCUT2D eigenvalue weighted by Gasteiger charge is 2.28. The van der Waals surface area contributed by atoms with Crippen LogP contribution in [0.15, 0.2) is 122 Å². The van der Waals surface area contributed by atoms with Crippen LogP contribution in [0, 0.1) is 0 Å². The molecule has 0 amide bonds. The summed E-state index contributed by atoms with van der Waals surface area (Å²) in [6.45, 7) is 2.44. The molecule has 3 atom stereocenters. The molecule has 336 valence electrons. The average molecular weight is 856 g/mol. The van der Waals surface area contributed by atoms with Crippen LogP contribution >= 0.6 is 7.82 Å². The molecule has 0 aliphatic carbocycles. The number of esters is 2. The molecule has 4 N–H and O–H groups in total. The van der Waals surface area contributed by atoms with E-state index in [1.807, 2.05) is 36.5 Å². The molecule has 0 radical (unpaired) electrons. The SMILES string of the molecule is CC/C=C/C=C/C=C/C=C/CCCCCC(=O)OC(COC(=O)CCCCCC/C=C/C/C=C/C/C=C/C/C=C/C/C=C/C/C=C/CC)COP(=O)(O)OC[C@H](N)C(=O)O. The Morgan fingerprint density at radius 2 is 0.967 bits per heavy atom. The summed E-state index contributed by atoms with van der Waals surface area (Å²) in [4.78, 5) is 45.9. The zero-order valence-corrected chi connectivity index (χ0v) is 37.1. The maximum Gasteiger partial charge on any atom is 0.472 e. The first-order valence-corrected chi connectivity index (χ1v) is 23.1. The third-order valence-corrected chi connectivity index (χ3v) is 9.25. The third-order valence-electron chi connectivity index (χ3n) is 8.30. The Morgan fingerprint density at radius 3 is 1.52 bits per heavy atom. The van der Waals surface area contributed by atoms with Gasteiger partial charge in [0.1, 0.15) is 12.6 Å². The molecule has 0 aromatic heterocycles. The molecule has 0 bridgehead atoms. The zero-order valence-electron chi connectivity index (χ0n) is 36.2. The number of nitrogens with two attached hydrogens (primary N) is 1. The number of phosphoric acid groups is 1. The lowest BCUT2D eigenvalue weighted by atomic mass is 10.1. The summed E-state index contributed by atoms with van der Waals surface area (Å²) >= 11 is 0. The van der Waals surface area contributed by atoms with Gasteiger partial charge < -0.3 is 25.2 Å². The van der Waals surface area contributed by atoms with Crippen LogP contribution in [0.5, 0.6) is 0 Å². The van der Waals surface area contributed by atoms with E-state index in [1.165, 1.54) is 0 Å². The van der Waals surface area contributed by atoms with E-state index in [0.717, 1.165) is 89.9 Å². The minimum atomic E-state index is -4.74. The maximum atomic E-state index is 12.6. The fourth-order valence-corrected chi connectivity index (χ4v) is 5.74. The van der Waals surface area contributed by atoms with Crippen LogP contribution in [0.1, 0.15) is 129 Å². The highest BCUT2D eigenvalue weighted by Crippen LogP contribution is 2.43. The lowest BCUT2D eigenvalue weighted by Gasteiger charge is -2.20. The van der Waals surface area contributed by atoms with Crippen molar-refractivity contribution in [3.05, 3.63) is 122 Å². The number of carboxylic acid groups (broad SMARTS) is 1. The monoisotopic (exact) mass is 856 g/mol. The van der Waals surface area contributed by atoms with Crippen molar-refractivity contribution < 1.29 is 47.5 Å². The molecule has 0 saturated carbocycles. The summed E-state index contributed by atoms with van der Waals surface area (Å²) in [6, 6.07) is -1.54. The lowest BCUT2D eigenvalue weighted by Crippen LogP contribution is -2.34. The van der Waals surface area contributed by atoms with Gasteiger partial charge in [0.15, 0.2) is 6.10 Å². The van der Waals surface area contributed by atoms with E-state index in [0.29, 0.717) is 12.8 Å². The van der Waals surface area contributed by atoms with Gasteiger partial charge in [0.05, 0.1) is 13.2 Å². The first-order valence-electron chi connectivity index (χ1n) is 21.6. The fraction of sp³-hybridized carbons (Fsp3) is 0.521. The Kier molecular flexibility index (Phi) is 38.8. The lowest BCUT2D eigenvalue weighted by molar-refractivity contribution is -0.161. The van der Waals surface area contributed by atoms with Crippen molar-refractivity contribution in [3.63, 3.8) is 0 Å². The van der Waals surface area contributed by atoms with Gasteiger partial charge in [-0.15, -0.1) is 0 Å². The zero-order chi connectivity index (χ0) is 44.2. The van der Waals surface area contributed by atoms with Crippen molar-refractivity contribution in [2.75, 3.05) is 19.8 Å². The quantitative estimate of drug-likeness (QED) is 0.0177. The number of aliphatic carboxylic acids is 1. The number of unbranched alkanes of at least 4 members (excludes halogenated alkanes) is 7. The van der Waals surface area contributed by atoms with Crippen LogP contribution in [0.3, 0.4) is 0 Å². The second kappa shape index (κ2) is 41.6. The first-order chi connectivity index (χ1) is 29.1. The molecule has 0 spiro atoms. The number of phosphoric ester groups is 1. The maximum absolute atomic E-state index is 12.6. The number of ether oxygens (including phenoxy) is 2. The standard InChI is InChI=1S/C48H74NO10P/c1-3-5-7-9-11-13-15-17-18-19-20-21-22-23-24-25-26-28-29-31-33-35-37-39-46(50)56-41-44(42-57-60(54,55)58-43-45(49)48(52)53)59-47(51)40-38-36-34-32-30-27-16-14-12-10-8-6-4-2/h5-8,10-14,16-18,20-21,23-24,26-28,30,44-45H,3-4,9,15,19,22,25,29,31-43,49H2,1-2H3,(H,52,53)(H,54,55)/b7-5+,8-6+,12-10+,13-11+,16-14+,18-17+,21-20+,24-23+,28-26+,30-27+/t44?,45-/m0/s1. The molecule has 0 aromatic rings. The van der Waals surface area contributed by atoms with Gasteiger partial charge in [0.2, 0.25) is 0 Å². The predicted octanol–water partition coefficient (Wildman–Crippen LogP) is 11.6. The van der Waals surface area contributed by atoms with Gasteiger partial charge in [0, 0.05) is 12.8 Å². The number of carbonyl (C=O) groups is 3. The number of carboxylic acids is 1. The number of allylic oxidation sites excluding steroid dienone is 20. The van der Waals surface area contributed by atoms with Gasteiger partial charge in [-0.2, -0.15) is 0 Å². The molecule has 0 fully saturated rings. The largest absolute Gasteiger partial charge is 0.480 e. The summed E-state index contributed by atoms with van der Waals surface area (Å²) in [6.07, 6.45) is 55.6. The second-order valence-electron chi connectivity index (χ2n) is 13.8. The van der Waals surface area contributed by atoms with E-state index in [4.69, 9.17) is 24.8 Å². The van der Waals surface area contributed by atoms with E-state index in [1.54, 1.807) is 0 Å². The van der Waals surface area contributed by atoms with Gasteiger partial charge in [-0.3, -0.25) is 23.4 Å². The molecule has 0 saturated heterocycles. The predicted molar refractivity (Wildman–Crippen MR) is 244 cm³/mol. The highest BCUT2D eigenvalue weighted by molar-refractivity contribution is 7.47. The second-order valence-corrected chi connectivity index (χ2v) is 15.3. The third kappa shape index (κ3) is 40.7. The van der Waals surface area contributed by atoms with Gasteiger partial charge >= 0.3 is 25.7 Å². The van der Waals surface area contributed by atoms with Crippen LogP contribution in [0.2, 0.25) is 0 Å². The van der Waals surface area contributed by atoms with Crippen LogP contribution in [-0.2, 0) is 37.5 Å². The summed E-state index contributed by atoms with van der Waals surface area (Å²) < 4.78 is 32.6.